The first-order valence-electron chi connectivity index (χ1n) is 16.5. The summed E-state index contributed by atoms with van der Waals surface area (Å²) in [5, 5.41) is 8.17. The predicted molar refractivity (Wildman–Crippen MR) is 191 cm³/mol. The molecule has 4 aromatic rings. The highest BCUT2D eigenvalue weighted by molar-refractivity contribution is 5.95. The lowest BCUT2D eigenvalue weighted by Crippen LogP contribution is -2.56. The Morgan fingerprint density at radius 1 is 0.755 bits per heavy atom. The number of hydrogen-bond acceptors (Lipinski definition) is 4. The van der Waals surface area contributed by atoms with Crippen LogP contribution >= 0.6 is 0 Å². The van der Waals surface area contributed by atoms with Crippen molar-refractivity contribution in [2.24, 2.45) is 0 Å². The molecular weight excluding hydrogens is 622 g/mol. The number of halogens is 2. The first kappa shape index (κ1) is 36.9. The summed E-state index contributed by atoms with van der Waals surface area (Å²) in [6, 6.07) is 24.9. The van der Waals surface area contributed by atoms with Gasteiger partial charge in [0.25, 0.3) is 0 Å². The van der Waals surface area contributed by atoms with Crippen LogP contribution in [0.25, 0.3) is 10.8 Å². The van der Waals surface area contributed by atoms with E-state index in [0.29, 0.717) is 24.9 Å². The van der Waals surface area contributed by atoms with Crippen LogP contribution in [0.1, 0.15) is 37.0 Å². The van der Waals surface area contributed by atoms with Crippen molar-refractivity contribution in [2.75, 3.05) is 27.7 Å². The van der Waals surface area contributed by atoms with Gasteiger partial charge in [-0.15, -0.1) is 0 Å². The number of nitrogens with zero attached hydrogens (tertiary/aromatic N) is 2. The van der Waals surface area contributed by atoms with Crippen molar-refractivity contribution in [1.29, 1.82) is 0 Å². The van der Waals surface area contributed by atoms with Crippen LogP contribution in [0, 0.1) is 11.6 Å². The van der Waals surface area contributed by atoms with E-state index in [1.807, 2.05) is 93.7 Å². The van der Waals surface area contributed by atoms with Gasteiger partial charge in [0.1, 0.15) is 12.1 Å². The molecule has 4 rings (SSSR count). The van der Waals surface area contributed by atoms with Gasteiger partial charge in [-0.25, -0.2) is 8.78 Å². The van der Waals surface area contributed by atoms with Crippen molar-refractivity contribution in [3.8, 4) is 0 Å². The molecule has 7 nitrogen and oxygen atoms in total. The number of carbonyl (C=O) groups excluding carboxylic acids is 3. The summed E-state index contributed by atoms with van der Waals surface area (Å²) in [5.41, 5.74) is 2.00. The number of hydrogen-bond donors (Lipinski definition) is 2. The van der Waals surface area contributed by atoms with Crippen LogP contribution in [-0.4, -0.2) is 72.8 Å². The van der Waals surface area contributed by atoms with Crippen molar-refractivity contribution < 1.29 is 23.2 Å². The molecule has 49 heavy (non-hydrogen) atoms. The van der Waals surface area contributed by atoms with E-state index >= 15 is 0 Å². The Kier molecular flexibility index (Phi) is 12.8. The fraction of sp³-hybridized carbons (Fsp3) is 0.325. The van der Waals surface area contributed by atoms with E-state index in [2.05, 4.69) is 10.6 Å². The van der Waals surface area contributed by atoms with Crippen LogP contribution < -0.4 is 10.6 Å². The molecule has 0 bridgehead atoms. The van der Waals surface area contributed by atoms with Crippen LogP contribution in [-0.2, 0) is 33.6 Å². The number of benzene rings is 4. The normalized spacial score (nSPS) is 12.9. The molecule has 0 radical (unpaired) electrons. The van der Waals surface area contributed by atoms with Gasteiger partial charge in [-0.3, -0.25) is 14.4 Å². The average molecular weight is 669 g/mol. The van der Waals surface area contributed by atoms with Crippen LogP contribution in [0.5, 0.6) is 0 Å². The van der Waals surface area contributed by atoms with Gasteiger partial charge in [0.15, 0.2) is 11.6 Å². The molecular formula is C40H46F2N4O3. The Morgan fingerprint density at radius 3 is 2.08 bits per heavy atom. The van der Waals surface area contributed by atoms with Gasteiger partial charge in [-0.1, -0.05) is 84.9 Å². The van der Waals surface area contributed by atoms with Crippen molar-refractivity contribution in [3.63, 3.8) is 0 Å². The molecule has 4 aromatic carbocycles. The molecule has 258 valence electrons. The molecule has 0 aliphatic heterocycles. The zero-order chi connectivity index (χ0) is 35.6. The van der Waals surface area contributed by atoms with Gasteiger partial charge in [-0.05, 0) is 79.4 Å². The van der Waals surface area contributed by atoms with Crippen molar-refractivity contribution in [2.45, 2.75) is 57.2 Å². The predicted octanol–water partition coefficient (Wildman–Crippen LogP) is 5.86. The molecule has 0 heterocycles. The molecule has 0 saturated heterocycles. The van der Waals surface area contributed by atoms with Gasteiger partial charge in [-0.2, -0.15) is 0 Å². The number of amides is 3. The summed E-state index contributed by atoms with van der Waals surface area (Å²) in [6.07, 6.45) is 4.54. The lowest BCUT2D eigenvalue weighted by Gasteiger charge is -2.34. The summed E-state index contributed by atoms with van der Waals surface area (Å²) >= 11 is 0. The minimum absolute atomic E-state index is 0.0596. The first-order valence-corrected chi connectivity index (χ1v) is 16.5. The molecule has 9 heteroatoms. The number of likely N-dealkylation sites (N-methyl/N-ethyl adjacent to an activating group) is 2. The topological polar surface area (TPSA) is 81.8 Å². The van der Waals surface area contributed by atoms with E-state index in [1.165, 1.54) is 29.0 Å². The third-order valence-corrected chi connectivity index (χ3v) is 9.00. The van der Waals surface area contributed by atoms with Gasteiger partial charge >= 0.3 is 0 Å². The molecule has 2 N–H and O–H groups in total. The van der Waals surface area contributed by atoms with Gasteiger partial charge in [0.2, 0.25) is 17.7 Å². The molecule has 2 atom stereocenters. The quantitative estimate of drug-likeness (QED) is 0.156. The summed E-state index contributed by atoms with van der Waals surface area (Å²) in [6.45, 7) is 4.35. The Morgan fingerprint density at radius 2 is 1.39 bits per heavy atom. The minimum atomic E-state index is -1.07. The zero-order valence-electron chi connectivity index (χ0n) is 28.9. The standard InChI is InChI=1S/C40H46F2N4O3/c1-40(2,43-3)22-11-16-37(47)45(4)36(27-29-17-19-31-14-9-10-15-32(31)24-29)39(49)46(5)35(26-30-18-20-33(41)34(42)25-30)38(48)44-23-21-28-12-7-6-8-13-28/h6-20,24-25,35-36,43H,21-23,26-27H2,1-5H3,(H,44,48)/b16-11+/t35-,36-/m1/s1. The smallest absolute Gasteiger partial charge is 0.246 e. The monoisotopic (exact) mass is 668 g/mol. The molecule has 0 aliphatic carbocycles. The number of nitrogens with one attached hydrogen (secondary N) is 2. The third-order valence-electron chi connectivity index (χ3n) is 9.00. The van der Waals surface area contributed by atoms with E-state index in [9.17, 15) is 23.2 Å². The molecule has 0 saturated carbocycles. The average Bonchev–Trinajstić information content (AvgIpc) is 3.10. The summed E-state index contributed by atoms with van der Waals surface area (Å²) in [5.74, 6) is -3.30. The number of carbonyl (C=O) groups is 3. The summed E-state index contributed by atoms with van der Waals surface area (Å²) in [7, 11) is 4.95. The Hall–Kier alpha value is -4.89. The van der Waals surface area contributed by atoms with Gasteiger partial charge in [0, 0.05) is 39.0 Å². The van der Waals surface area contributed by atoms with Crippen molar-refractivity contribution in [1.82, 2.24) is 20.4 Å². The second-order valence-electron chi connectivity index (χ2n) is 13.0. The lowest BCUT2D eigenvalue weighted by molar-refractivity contribution is -0.146. The Balaban J connectivity index is 1.64. The second kappa shape index (κ2) is 17.0. The third kappa shape index (κ3) is 10.3. The summed E-state index contributed by atoms with van der Waals surface area (Å²) in [4.78, 5) is 44.5. The van der Waals surface area contributed by atoms with Crippen molar-refractivity contribution >= 4 is 28.5 Å². The second-order valence-corrected chi connectivity index (χ2v) is 13.0. The fourth-order valence-corrected chi connectivity index (χ4v) is 5.58. The van der Waals surface area contributed by atoms with Gasteiger partial charge in [0.05, 0.1) is 0 Å². The Bertz CT molecular complexity index is 1780. The fourth-order valence-electron chi connectivity index (χ4n) is 5.58. The maximum atomic E-state index is 14.5. The maximum absolute atomic E-state index is 14.5. The van der Waals surface area contributed by atoms with E-state index in [1.54, 1.807) is 13.1 Å². The van der Waals surface area contributed by atoms with E-state index in [4.69, 9.17) is 0 Å². The highest BCUT2D eigenvalue weighted by Crippen LogP contribution is 2.21. The number of fused-ring (bicyclic) bond motifs is 1. The molecule has 0 aliphatic rings. The maximum Gasteiger partial charge on any atom is 0.246 e. The Labute approximate surface area is 288 Å². The van der Waals surface area contributed by atoms with Crippen LogP contribution in [0.2, 0.25) is 0 Å². The van der Waals surface area contributed by atoms with E-state index in [-0.39, 0.29) is 24.3 Å². The first-order chi connectivity index (χ1) is 23.4. The van der Waals surface area contributed by atoms with Crippen LogP contribution in [0.4, 0.5) is 8.78 Å². The lowest BCUT2D eigenvalue weighted by atomic mass is 9.98. The summed E-state index contributed by atoms with van der Waals surface area (Å²) < 4.78 is 28.0. The molecule has 0 unspecified atom stereocenters. The van der Waals surface area contributed by atoms with Crippen LogP contribution in [0.3, 0.4) is 0 Å². The van der Waals surface area contributed by atoms with E-state index in [0.717, 1.165) is 34.0 Å². The van der Waals surface area contributed by atoms with E-state index < -0.39 is 35.5 Å². The molecule has 0 fully saturated rings. The molecule has 0 spiro atoms. The van der Waals surface area contributed by atoms with Crippen LogP contribution in [0.15, 0.2) is 103 Å². The molecule has 3 amide bonds. The molecule has 0 aromatic heterocycles. The zero-order valence-corrected chi connectivity index (χ0v) is 28.9. The number of rotatable bonds is 15. The highest BCUT2D eigenvalue weighted by atomic mass is 19.2. The van der Waals surface area contributed by atoms with Crippen molar-refractivity contribution in [3.05, 3.63) is 131 Å². The minimum Gasteiger partial charge on any atom is -0.354 e. The highest BCUT2D eigenvalue weighted by Gasteiger charge is 2.35. The van der Waals surface area contributed by atoms with Gasteiger partial charge < -0.3 is 20.4 Å². The largest absolute Gasteiger partial charge is 0.354 e. The SMILES string of the molecule is CNC(C)(C)C/C=C/C(=O)N(C)[C@H](Cc1ccc2ccccc2c1)C(=O)N(C)[C@H](Cc1ccc(F)c(F)c1)C(=O)NCCc1ccccc1.